The number of alkyl halides is 3. The molecule has 1 heterocycles. The number of halogens is 3. The van der Waals surface area contributed by atoms with Crippen LogP contribution in [-0.2, 0) is 22.3 Å². The fourth-order valence-corrected chi connectivity index (χ4v) is 2.43. The molecule has 1 aromatic heterocycles. The minimum Gasteiger partial charge on any atom is -0.459 e. The lowest BCUT2D eigenvalue weighted by Gasteiger charge is -2.06. The summed E-state index contributed by atoms with van der Waals surface area (Å²) in [4.78, 5) is 15.6. The van der Waals surface area contributed by atoms with E-state index in [1.165, 1.54) is 23.5 Å². The third-order valence-corrected chi connectivity index (χ3v) is 3.78. The average molecular weight is 329 g/mol. The first kappa shape index (κ1) is 16.5. The van der Waals surface area contributed by atoms with E-state index in [-0.39, 0.29) is 18.5 Å². The van der Waals surface area contributed by atoms with Gasteiger partial charge in [-0.1, -0.05) is 26.0 Å². The highest BCUT2D eigenvalue weighted by molar-refractivity contribution is 7.13. The van der Waals surface area contributed by atoms with E-state index in [4.69, 9.17) is 4.74 Å². The summed E-state index contributed by atoms with van der Waals surface area (Å²) >= 11 is 1.29. The number of benzene rings is 1. The first-order valence-electron chi connectivity index (χ1n) is 6.56. The van der Waals surface area contributed by atoms with Gasteiger partial charge in [-0.2, -0.15) is 13.2 Å². The highest BCUT2D eigenvalue weighted by atomic mass is 32.1. The van der Waals surface area contributed by atoms with Crippen LogP contribution in [0.25, 0.3) is 10.6 Å². The maximum absolute atomic E-state index is 12.5. The van der Waals surface area contributed by atoms with E-state index in [0.717, 1.165) is 12.1 Å². The van der Waals surface area contributed by atoms with E-state index in [0.29, 0.717) is 16.3 Å². The number of esters is 1. The van der Waals surface area contributed by atoms with E-state index in [1.807, 2.05) is 0 Å². The van der Waals surface area contributed by atoms with Gasteiger partial charge >= 0.3 is 12.1 Å². The summed E-state index contributed by atoms with van der Waals surface area (Å²) in [5, 5.41) is 2.31. The number of carbonyl (C=O) groups is 1. The Hall–Kier alpha value is -1.89. The molecule has 0 N–H and O–H groups in total. The average Bonchev–Trinajstić information content (AvgIpc) is 2.92. The van der Waals surface area contributed by atoms with Gasteiger partial charge in [0.05, 0.1) is 17.2 Å². The Morgan fingerprint density at radius 1 is 1.27 bits per heavy atom. The highest BCUT2D eigenvalue weighted by Crippen LogP contribution is 2.31. The minimum absolute atomic E-state index is 0.0636. The van der Waals surface area contributed by atoms with E-state index in [2.05, 4.69) is 4.98 Å². The number of ether oxygens (including phenoxy) is 1. The number of nitrogens with zero attached hydrogens (tertiary/aromatic N) is 1. The molecule has 2 aromatic rings. The molecule has 0 aliphatic heterocycles. The zero-order chi connectivity index (χ0) is 16.3. The van der Waals surface area contributed by atoms with Crippen molar-refractivity contribution in [3.05, 3.63) is 40.9 Å². The molecule has 0 aliphatic rings. The molecule has 2 rings (SSSR count). The van der Waals surface area contributed by atoms with Crippen molar-refractivity contribution < 1.29 is 22.7 Å². The van der Waals surface area contributed by atoms with E-state index in [9.17, 15) is 18.0 Å². The largest absolute Gasteiger partial charge is 0.459 e. The molecule has 0 aliphatic carbocycles. The predicted molar refractivity (Wildman–Crippen MR) is 77.2 cm³/mol. The summed E-state index contributed by atoms with van der Waals surface area (Å²) in [6.07, 6.45) is -4.35. The van der Waals surface area contributed by atoms with Crippen LogP contribution >= 0.6 is 11.3 Å². The van der Waals surface area contributed by atoms with Crippen LogP contribution in [0.5, 0.6) is 0 Å². The molecule has 0 bridgehead atoms. The summed E-state index contributed by atoms with van der Waals surface area (Å²) in [7, 11) is 0. The third-order valence-electron chi connectivity index (χ3n) is 2.84. The van der Waals surface area contributed by atoms with Crippen molar-refractivity contribution in [3.63, 3.8) is 0 Å². The van der Waals surface area contributed by atoms with Crippen molar-refractivity contribution in [2.24, 2.45) is 5.92 Å². The van der Waals surface area contributed by atoms with Crippen LogP contribution in [-0.4, -0.2) is 11.0 Å². The second kappa shape index (κ2) is 6.48. The Morgan fingerprint density at radius 3 is 2.45 bits per heavy atom. The van der Waals surface area contributed by atoms with Crippen LogP contribution in [0.3, 0.4) is 0 Å². The van der Waals surface area contributed by atoms with Crippen molar-refractivity contribution in [1.82, 2.24) is 4.98 Å². The Bertz CT molecular complexity index is 648. The Balaban J connectivity index is 2.06. The van der Waals surface area contributed by atoms with Gasteiger partial charge in [0.2, 0.25) is 0 Å². The van der Waals surface area contributed by atoms with Crippen LogP contribution in [0, 0.1) is 5.92 Å². The molecule has 0 radical (unpaired) electrons. The number of hydrogen-bond donors (Lipinski definition) is 0. The molecule has 0 atom stereocenters. The van der Waals surface area contributed by atoms with Gasteiger partial charge in [0, 0.05) is 10.9 Å². The molecule has 0 saturated heterocycles. The summed E-state index contributed by atoms with van der Waals surface area (Å²) in [5.41, 5.74) is 0.479. The molecule has 0 spiro atoms. The number of rotatable bonds is 4. The second-order valence-electron chi connectivity index (χ2n) is 4.98. The number of carbonyl (C=O) groups excluding carboxylic acids is 1. The smallest absolute Gasteiger partial charge is 0.416 e. The predicted octanol–water partition coefficient (Wildman–Crippen LogP) is 4.53. The summed E-state index contributed by atoms with van der Waals surface area (Å²) < 4.78 is 42.6. The van der Waals surface area contributed by atoms with Gasteiger partial charge in [-0.3, -0.25) is 4.79 Å². The molecule has 22 heavy (non-hydrogen) atoms. The van der Waals surface area contributed by atoms with Gasteiger partial charge in [0.15, 0.2) is 0 Å². The van der Waals surface area contributed by atoms with Crippen molar-refractivity contribution in [2.75, 3.05) is 0 Å². The fraction of sp³-hybridized carbons (Fsp3) is 0.333. The topological polar surface area (TPSA) is 39.2 Å². The van der Waals surface area contributed by atoms with E-state index < -0.39 is 11.7 Å². The molecule has 3 nitrogen and oxygen atoms in total. The van der Waals surface area contributed by atoms with E-state index in [1.54, 1.807) is 19.2 Å². The summed E-state index contributed by atoms with van der Waals surface area (Å²) in [6, 6.07) is 4.81. The number of thiazole rings is 1. The summed E-state index contributed by atoms with van der Waals surface area (Å²) in [5.74, 6) is -0.530. The minimum atomic E-state index is -4.35. The Morgan fingerprint density at radius 2 is 1.91 bits per heavy atom. The molecule has 7 heteroatoms. The SMILES string of the molecule is CC(C)C(=O)OCc1csc(-c2ccc(C(F)(F)F)cc2)n1. The zero-order valence-electron chi connectivity index (χ0n) is 12.0. The summed E-state index contributed by atoms with van der Waals surface area (Å²) in [6.45, 7) is 3.53. The molecule has 0 amide bonds. The third kappa shape index (κ3) is 4.07. The van der Waals surface area contributed by atoms with Crippen LogP contribution in [0.15, 0.2) is 29.6 Å². The standard InChI is InChI=1S/C15H14F3NO2S/c1-9(2)14(20)21-7-12-8-22-13(19-12)10-3-5-11(6-4-10)15(16,17)18/h3-6,8-9H,7H2,1-2H3. The fourth-order valence-electron chi connectivity index (χ4n) is 1.62. The first-order valence-corrected chi connectivity index (χ1v) is 7.44. The van der Waals surface area contributed by atoms with Crippen LogP contribution in [0.1, 0.15) is 25.1 Å². The van der Waals surface area contributed by atoms with Crippen molar-refractivity contribution in [1.29, 1.82) is 0 Å². The van der Waals surface area contributed by atoms with Crippen LogP contribution in [0.4, 0.5) is 13.2 Å². The molecule has 0 unspecified atom stereocenters. The molecule has 0 fully saturated rings. The highest BCUT2D eigenvalue weighted by Gasteiger charge is 2.30. The lowest BCUT2D eigenvalue weighted by molar-refractivity contribution is -0.148. The maximum atomic E-state index is 12.5. The molecule has 0 saturated carbocycles. The van der Waals surface area contributed by atoms with Crippen LogP contribution in [0.2, 0.25) is 0 Å². The van der Waals surface area contributed by atoms with Gasteiger partial charge in [-0.15, -0.1) is 11.3 Å². The van der Waals surface area contributed by atoms with Crippen molar-refractivity contribution in [2.45, 2.75) is 26.6 Å². The lowest BCUT2D eigenvalue weighted by atomic mass is 10.1. The van der Waals surface area contributed by atoms with Gasteiger partial charge in [0.1, 0.15) is 11.6 Å². The van der Waals surface area contributed by atoms with Gasteiger partial charge in [-0.25, -0.2) is 4.98 Å². The molecule has 1 aromatic carbocycles. The van der Waals surface area contributed by atoms with Crippen molar-refractivity contribution in [3.8, 4) is 10.6 Å². The first-order chi connectivity index (χ1) is 10.3. The van der Waals surface area contributed by atoms with Gasteiger partial charge < -0.3 is 4.74 Å². The lowest BCUT2D eigenvalue weighted by Crippen LogP contribution is -2.11. The Kier molecular flexibility index (Phi) is 4.85. The second-order valence-corrected chi connectivity index (χ2v) is 5.84. The molecule has 118 valence electrons. The molecular weight excluding hydrogens is 315 g/mol. The van der Waals surface area contributed by atoms with Gasteiger partial charge in [-0.05, 0) is 12.1 Å². The monoisotopic (exact) mass is 329 g/mol. The molecular formula is C15H14F3NO2S. The Labute approximate surface area is 129 Å². The number of aromatic nitrogens is 1. The van der Waals surface area contributed by atoms with Crippen LogP contribution < -0.4 is 0 Å². The zero-order valence-corrected chi connectivity index (χ0v) is 12.8. The number of hydrogen-bond acceptors (Lipinski definition) is 4. The van der Waals surface area contributed by atoms with Crippen molar-refractivity contribution >= 4 is 17.3 Å². The quantitative estimate of drug-likeness (QED) is 0.774. The van der Waals surface area contributed by atoms with Gasteiger partial charge in [0.25, 0.3) is 0 Å². The van der Waals surface area contributed by atoms with E-state index >= 15 is 0 Å². The maximum Gasteiger partial charge on any atom is 0.416 e. The normalized spacial score (nSPS) is 11.7.